The predicted octanol–water partition coefficient (Wildman–Crippen LogP) is 0.499. The Labute approximate surface area is 93.5 Å². The summed E-state index contributed by atoms with van der Waals surface area (Å²) >= 11 is 0. The fourth-order valence-corrected chi connectivity index (χ4v) is 1.59. The van der Waals surface area contributed by atoms with E-state index >= 15 is 0 Å². The van der Waals surface area contributed by atoms with Gasteiger partial charge in [-0.1, -0.05) is 0 Å². The molecule has 0 fully saturated rings. The van der Waals surface area contributed by atoms with Crippen LogP contribution in [0.3, 0.4) is 0 Å². The molecular weight excluding hydrogens is 263 g/mol. The molecule has 0 aromatic carbocycles. The number of pyridine rings is 1. The van der Waals surface area contributed by atoms with Gasteiger partial charge in [0.2, 0.25) is 10.0 Å². The van der Waals surface area contributed by atoms with Crippen LogP contribution in [0.1, 0.15) is 5.56 Å². The van der Waals surface area contributed by atoms with Crippen molar-refractivity contribution in [2.24, 2.45) is 5.14 Å². The number of alkyl halides is 3. The maximum atomic E-state index is 11.9. The van der Waals surface area contributed by atoms with Gasteiger partial charge in [-0.25, -0.2) is 13.6 Å². The third-order valence-electron chi connectivity index (χ3n) is 1.52. The van der Waals surface area contributed by atoms with Crippen LogP contribution in [0.2, 0.25) is 0 Å². The molecule has 10 heteroatoms. The fourth-order valence-electron chi connectivity index (χ4n) is 0.951. The number of sulfonamides is 1. The van der Waals surface area contributed by atoms with Gasteiger partial charge in [0.25, 0.3) is 0 Å². The highest BCUT2D eigenvalue weighted by molar-refractivity contribution is 7.89. The second-order valence-corrected chi connectivity index (χ2v) is 4.25. The van der Waals surface area contributed by atoms with Crippen molar-refractivity contribution in [3.8, 4) is 11.8 Å². The molecule has 0 spiro atoms. The van der Waals surface area contributed by atoms with E-state index in [2.05, 4.69) is 9.72 Å². The summed E-state index contributed by atoms with van der Waals surface area (Å²) in [6.07, 6.45) is -3.83. The lowest BCUT2D eigenvalue weighted by Crippen LogP contribution is -2.20. The third-order valence-corrected chi connectivity index (χ3v) is 2.44. The van der Waals surface area contributed by atoms with E-state index in [-0.39, 0.29) is 0 Å². The summed E-state index contributed by atoms with van der Waals surface area (Å²) in [6, 6.07) is 1.27. The lowest BCUT2D eigenvalue weighted by Gasteiger charge is -2.10. The second kappa shape index (κ2) is 4.19. The van der Waals surface area contributed by atoms with Crippen LogP contribution < -0.4 is 9.88 Å². The van der Waals surface area contributed by atoms with Gasteiger partial charge in [-0.3, -0.25) is 4.98 Å². The maximum Gasteiger partial charge on any atom is 0.573 e. The molecule has 0 saturated carbocycles. The molecule has 0 saturated heterocycles. The SMILES string of the molecule is N#Cc1c(OC(F)(F)F)cncc1S(N)(=O)=O. The second-order valence-electron chi connectivity index (χ2n) is 2.72. The van der Waals surface area contributed by atoms with Gasteiger partial charge >= 0.3 is 6.36 Å². The van der Waals surface area contributed by atoms with Crippen LogP contribution in [0.4, 0.5) is 13.2 Å². The van der Waals surface area contributed by atoms with Gasteiger partial charge in [0.05, 0.1) is 6.20 Å². The van der Waals surface area contributed by atoms with E-state index in [1.807, 2.05) is 0 Å². The number of hydrogen-bond donors (Lipinski definition) is 1. The number of ether oxygens (including phenoxy) is 1. The maximum absolute atomic E-state index is 11.9. The van der Waals surface area contributed by atoms with Crippen molar-refractivity contribution in [1.82, 2.24) is 4.98 Å². The number of nitrogens with two attached hydrogens (primary N) is 1. The zero-order chi connectivity index (χ0) is 13.3. The first-order valence-corrected chi connectivity index (χ1v) is 5.36. The summed E-state index contributed by atoms with van der Waals surface area (Å²) in [5.74, 6) is -1.02. The number of primary sulfonamides is 1. The molecule has 0 radical (unpaired) electrons. The first-order chi connectivity index (χ1) is 7.65. The molecule has 0 aliphatic rings. The van der Waals surface area contributed by atoms with Gasteiger partial charge in [-0.15, -0.1) is 13.2 Å². The molecule has 1 rings (SSSR count). The van der Waals surface area contributed by atoms with E-state index in [1.165, 1.54) is 6.07 Å². The monoisotopic (exact) mass is 267 g/mol. The van der Waals surface area contributed by atoms with Crippen LogP contribution in [0.15, 0.2) is 17.3 Å². The van der Waals surface area contributed by atoms with E-state index in [4.69, 9.17) is 10.4 Å². The number of aromatic nitrogens is 1. The van der Waals surface area contributed by atoms with Crippen molar-refractivity contribution < 1.29 is 26.3 Å². The average Bonchev–Trinajstić information content (AvgIpc) is 2.13. The topological polar surface area (TPSA) is 106 Å². The molecule has 92 valence electrons. The Morgan fingerprint density at radius 2 is 2.00 bits per heavy atom. The molecule has 1 aromatic heterocycles. The molecule has 6 nitrogen and oxygen atoms in total. The Balaban J connectivity index is 3.41. The Kier molecular flexibility index (Phi) is 3.25. The molecular formula is C7H4F3N3O3S. The highest BCUT2D eigenvalue weighted by Crippen LogP contribution is 2.28. The summed E-state index contributed by atoms with van der Waals surface area (Å²) in [6.45, 7) is 0. The summed E-state index contributed by atoms with van der Waals surface area (Å²) in [5, 5.41) is 13.3. The lowest BCUT2D eigenvalue weighted by molar-refractivity contribution is -0.274. The smallest absolute Gasteiger partial charge is 0.403 e. The van der Waals surface area contributed by atoms with Gasteiger partial charge < -0.3 is 4.74 Å². The van der Waals surface area contributed by atoms with Crippen molar-refractivity contribution in [1.29, 1.82) is 5.26 Å². The van der Waals surface area contributed by atoms with E-state index < -0.39 is 32.6 Å². The molecule has 1 heterocycles. The minimum absolute atomic E-state index is 0.570. The third kappa shape index (κ3) is 3.30. The van der Waals surface area contributed by atoms with Crippen LogP contribution in [-0.2, 0) is 10.0 Å². The number of rotatable bonds is 2. The van der Waals surface area contributed by atoms with Gasteiger partial charge in [-0.05, 0) is 0 Å². The number of nitrogens with zero attached hydrogens (tertiary/aromatic N) is 2. The van der Waals surface area contributed by atoms with Crippen molar-refractivity contribution in [3.63, 3.8) is 0 Å². The van der Waals surface area contributed by atoms with E-state index in [9.17, 15) is 21.6 Å². The molecule has 0 aliphatic carbocycles. The Morgan fingerprint density at radius 1 is 1.41 bits per heavy atom. The van der Waals surface area contributed by atoms with E-state index in [1.54, 1.807) is 0 Å². The van der Waals surface area contributed by atoms with E-state index in [0.29, 0.717) is 12.4 Å². The van der Waals surface area contributed by atoms with Gasteiger partial charge in [0.1, 0.15) is 16.5 Å². The quantitative estimate of drug-likeness (QED) is 0.839. The van der Waals surface area contributed by atoms with Gasteiger partial charge in [-0.2, -0.15) is 5.26 Å². The van der Waals surface area contributed by atoms with Crippen LogP contribution in [-0.4, -0.2) is 19.8 Å². The van der Waals surface area contributed by atoms with E-state index in [0.717, 1.165) is 0 Å². The Hall–Kier alpha value is -1.86. The van der Waals surface area contributed by atoms with Gasteiger partial charge in [0, 0.05) is 6.20 Å². The number of halogens is 3. The zero-order valence-electron chi connectivity index (χ0n) is 7.89. The Morgan fingerprint density at radius 3 is 2.41 bits per heavy atom. The van der Waals surface area contributed by atoms with Crippen molar-refractivity contribution in [3.05, 3.63) is 18.0 Å². The molecule has 17 heavy (non-hydrogen) atoms. The molecule has 1 aromatic rings. The number of hydrogen-bond acceptors (Lipinski definition) is 5. The number of nitriles is 1. The highest BCUT2D eigenvalue weighted by atomic mass is 32.2. The first kappa shape index (κ1) is 13.2. The molecule has 0 unspecified atom stereocenters. The van der Waals surface area contributed by atoms with Gasteiger partial charge in [0.15, 0.2) is 5.75 Å². The van der Waals surface area contributed by atoms with Crippen molar-refractivity contribution >= 4 is 10.0 Å². The Bertz CT molecular complexity index is 576. The molecule has 0 bridgehead atoms. The minimum atomic E-state index is -5.07. The summed E-state index contributed by atoms with van der Waals surface area (Å²) in [5.41, 5.74) is -0.847. The normalized spacial score (nSPS) is 11.9. The first-order valence-electron chi connectivity index (χ1n) is 3.82. The fraction of sp³-hybridized carbons (Fsp3) is 0.143. The molecule has 0 amide bonds. The summed E-state index contributed by atoms with van der Waals surface area (Å²) in [7, 11) is -4.36. The molecule has 2 N–H and O–H groups in total. The van der Waals surface area contributed by atoms with Crippen LogP contribution in [0.5, 0.6) is 5.75 Å². The lowest BCUT2D eigenvalue weighted by atomic mass is 10.3. The van der Waals surface area contributed by atoms with Crippen LogP contribution in [0.25, 0.3) is 0 Å². The predicted molar refractivity (Wildman–Crippen MR) is 47.0 cm³/mol. The van der Waals surface area contributed by atoms with Crippen LogP contribution in [0, 0.1) is 11.3 Å². The highest BCUT2D eigenvalue weighted by Gasteiger charge is 2.33. The zero-order valence-corrected chi connectivity index (χ0v) is 8.71. The molecule has 0 atom stereocenters. The largest absolute Gasteiger partial charge is 0.573 e. The van der Waals surface area contributed by atoms with Crippen molar-refractivity contribution in [2.45, 2.75) is 11.3 Å². The average molecular weight is 267 g/mol. The van der Waals surface area contributed by atoms with Crippen LogP contribution >= 0.6 is 0 Å². The van der Waals surface area contributed by atoms with Crippen molar-refractivity contribution in [2.75, 3.05) is 0 Å². The minimum Gasteiger partial charge on any atom is -0.403 e. The summed E-state index contributed by atoms with van der Waals surface area (Å²) < 4.78 is 61.3. The molecule has 0 aliphatic heterocycles. The standard InChI is InChI=1S/C7H4F3N3O3S/c8-7(9,10)16-5-2-13-3-6(4(5)1-11)17(12,14)15/h2-3H,(H2,12,14,15). The summed E-state index contributed by atoms with van der Waals surface area (Å²) in [4.78, 5) is 2.38.